The molecule has 0 aromatic heterocycles. The van der Waals surface area contributed by atoms with Crippen molar-refractivity contribution in [2.45, 2.75) is 12.0 Å². The van der Waals surface area contributed by atoms with Gasteiger partial charge in [-0.3, -0.25) is 15.0 Å². The topological polar surface area (TPSA) is 46.4 Å². The Morgan fingerprint density at radius 3 is 2.88 bits per heavy atom. The first kappa shape index (κ1) is 12.4. The molecule has 0 aliphatic carbocycles. The largest absolute Gasteiger partial charge is 0.299 e. The zero-order valence-corrected chi connectivity index (χ0v) is 10.9. The summed E-state index contributed by atoms with van der Waals surface area (Å²) < 4.78 is 14.5. The van der Waals surface area contributed by atoms with Crippen LogP contribution in [-0.2, 0) is 0 Å². The molecule has 2 atom stereocenters. The van der Waals surface area contributed by atoms with Gasteiger partial charge in [0, 0.05) is 21.5 Å². The van der Waals surface area contributed by atoms with Crippen LogP contribution in [0.5, 0.6) is 0 Å². The Kier molecular flexibility index (Phi) is 3.44. The van der Waals surface area contributed by atoms with E-state index in [4.69, 9.17) is 0 Å². The second kappa shape index (κ2) is 4.70. The summed E-state index contributed by atoms with van der Waals surface area (Å²) >= 11 is 3.27. The Morgan fingerprint density at radius 1 is 1.53 bits per heavy atom. The average Bonchev–Trinajstić information content (AvgIpc) is 2.64. The van der Waals surface area contributed by atoms with Crippen LogP contribution in [0.15, 0.2) is 22.7 Å². The first-order chi connectivity index (χ1) is 7.99. The van der Waals surface area contributed by atoms with Crippen molar-refractivity contribution < 1.29 is 9.31 Å². The molecule has 1 saturated heterocycles. The average molecular weight is 303 g/mol. The van der Waals surface area contributed by atoms with Gasteiger partial charge in [0.15, 0.2) is 0 Å². The van der Waals surface area contributed by atoms with Crippen molar-refractivity contribution in [1.29, 1.82) is 0 Å². The van der Waals surface area contributed by atoms with E-state index in [9.17, 15) is 14.5 Å². The van der Waals surface area contributed by atoms with Crippen LogP contribution in [-0.4, -0.2) is 36.0 Å². The van der Waals surface area contributed by atoms with E-state index < -0.39 is 6.04 Å². The summed E-state index contributed by atoms with van der Waals surface area (Å²) in [6.45, 7) is 0.878. The normalized spacial score (nSPS) is 25.1. The lowest BCUT2D eigenvalue weighted by molar-refractivity contribution is -0.521. The molecule has 0 radical (unpaired) electrons. The van der Waals surface area contributed by atoms with Gasteiger partial charge in [-0.15, -0.1) is 0 Å². The van der Waals surface area contributed by atoms with Gasteiger partial charge in [0.2, 0.25) is 6.04 Å². The van der Waals surface area contributed by atoms with E-state index in [2.05, 4.69) is 15.9 Å². The number of halogens is 2. The van der Waals surface area contributed by atoms with Crippen molar-refractivity contribution in [2.24, 2.45) is 0 Å². The van der Waals surface area contributed by atoms with E-state index in [0.717, 1.165) is 4.47 Å². The molecule has 4 nitrogen and oxygen atoms in total. The summed E-state index contributed by atoms with van der Waals surface area (Å²) in [5, 5.41) is 11.0. The van der Waals surface area contributed by atoms with Gasteiger partial charge in [0.25, 0.3) is 0 Å². The number of likely N-dealkylation sites (tertiary alicyclic amines) is 1. The van der Waals surface area contributed by atoms with Crippen molar-refractivity contribution in [1.82, 2.24) is 4.90 Å². The Balaban J connectivity index is 2.37. The van der Waals surface area contributed by atoms with Crippen molar-refractivity contribution in [3.63, 3.8) is 0 Å². The molecule has 0 amide bonds. The number of likely N-dealkylation sites (N-methyl/N-ethyl adjacent to an activating group) is 1. The van der Waals surface area contributed by atoms with Gasteiger partial charge in [-0.2, -0.15) is 0 Å². The van der Waals surface area contributed by atoms with Crippen LogP contribution >= 0.6 is 15.9 Å². The SMILES string of the molecule is CN1CC(c2cc(Br)ccc2F)C([N+](=O)[O-])C1. The van der Waals surface area contributed by atoms with Gasteiger partial charge in [-0.05, 0) is 25.2 Å². The van der Waals surface area contributed by atoms with Crippen LogP contribution in [0.1, 0.15) is 11.5 Å². The Hall–Kier alpha value is -1.01. The van der Waals surface area contributed by atoms with Crippen molar-refractivity contribution in [3.8, 4) is 0 Å². The van der Waals surface area contributed by atoms with E-state index in [1.54, 1.807) is 12.1 Å². The number of rotatable bonds is 2. The second-order valence-electron chi connectivity index (χ2n) is 4.35. The van der Waals surface area contributed by atoms with Gasteiger partial charge >= 0.3 is 0 Å². The lowest BCUT2D eigenvalue weighted by Crippen LogP contribution is -2.27. The number of hydrogen-bond acceptors (Lipinski definition) is 3. The molecule has 6 heteroatoms. The van der Waals surface area contributed by atoms with Crippen LogP contribution in [0.4, 0.5) is 4.39 Å². The number of benzene rings is 1. The maximum Gasteiger partial charge on any atom is 0.233 e. The molecule has 2 unspecified atom stereocenters. The van der Waals surface area contributed by atoms with Crippen molar-refractivity contribution in [2.75, 3.05) is 20.1 Å². The van der Waals surface area contributed by atoms with E-state index in [0.29, 0.717) is 18.7 Å². The molecule has 92 valence electrons. The zero-order valence-electron chi connectivity index (χ0n) is 9.27. The molecule has 0 bridgehead atoms. The summed E-state index contributed by atoms with van der Waals surface area (Å²) in [6, 6.07) is 3.84. The fraction of sp³-hybridized carbons (Fsp3) is 0.455. The molecule has 1 aliphatic rings. The third-order valence-corrected chi connectivity index (χ3v) is 3.59. The molecule has 2 rings (SSSR count). The maximum absolute atomic E-state index is 13.7. The number of nitrogens with zero attached hydrogens (tertiary/aromatic N) is 2. The predicted molar refractivity (Wildman–Crippen MR) is 65.1 cm³/mol. The molecule has 0 saturated carbocycles. The van der Waals surface area contributed by atoms with Gasteiger partial charge < -0.3 is 0 Å². The monoisotopic (exact) mass is 302 g/mol. The summed E-state index contributed by atoms with van der Waals surface area (Å²) in [4.78, 5) is 12.5. The molecular formula is C11H12BrFN2O2. The molecule has 17 heavy (non-hydrogen) atoms. The van der Waals surface area contributed by atoms with Crippen LogP contribution in [0, 0.1) is 15.9 Å². The van der Waals surface area contributed by atoms with E-state index in [1.165, 1.54) is 6.07 Å². The molecule has 1 aromatic rings. The smallest absolute Gasteiger partial charge is 0.233 e. The highest BCUT2D eigenvalue weighted by molar-refractivity contribution is 9.10. The summed E-state index contributed by atoms with van der Waals surface area (Å²) in [7, 11) is 1.81. The Morgan fingerprint density at radius 2 is 2.24 bits per heavy atom. The lowest BCUT2D eigenvalue weighted by Gasteiger charge is -2.13. The number of hydrogen-bond donors (Lipinski definition) is 0. The van der Waals surface area contributed by atoms with E-state index >= 15 is 0 Å². The fourth-order valence-corrected chi connectivity index (χ4v) is 2.68. The molecule has 0 N–H and O–H groups in total. The highest BCUT2D eigenvalue weighted by Crippen LogP contribution is 2.31. The standard InChI is InChI=1S/C11H12BrFN2O2/c1-14-5-9(11(6-14)15(16)17)8-4-7(12)2-3-10(8)13/h2-4,9,11H,5-6H2,1H3. The predicted octanol–water partition coefficient (Wildman–Crippen LogP) is 2.26. The molecular weight excluding hydrogens is 291 g/mol. The summed E-state index contributed by atoms with van der Waals surface area (Å²) in [5.41, 5.74) is 0.422. The van der Waals surface area contributed by atoms with Gasteiger partial charge in [-0.25, -0.2) is 4.39 Å². The minimum Gasteiger partial charge on any atom is -0.299 e. The fourth-order valence-electron chi connectivity index (χ4n) is 2.30. The van der Waals surface area contributed by atoms with Crippen LogP contribution < -0.4 is 0 Å². The zero-order chi connectivity index (χ0) is 12.6. The molecule has 1 fully saturated rings. The van der Waals surface area contributed by atoms with Crippen LogP contribution in [0.25, 0.3) is 0 Å². The Labute approximate surface area is 107 Å². The second-order valence-corrected chi connectivity index (χ2v) is 5.26. The van der Waals surface area contributed by atoms with Crippen LogP contribution in [0.3, 0.4) is 0 Å². The third kappa shape index (κ3) is 2.47. The number of nitro groups is 1. The third-order valence-electron chi connectivity index (χ3n) is 3.10. The first-order valence-electron chi connectivity index (χ1n) is 5.26. The van der Waals surface area contributed by atoms with Gasteiger partial charge in [-0.1, -0.05) is 15.9 Å². The summed E-state index contributed by atoms with van der Waals surface area (Å²) in [6.07, 6.45) is 0. The van der Waals surface area contributed by atoms with E-state index in [1.807, 2.05) is 11.9 Å². The maximum atomic E-state index is 13.7. The molecule has 1 aliphatic heterocycles. The minimum atomic E-state index is -0.733. The molecule has 1 heterocycles. The van der Waals surface area contributed by atoms with Gasteiger partial charge in [0.1, 0.15) is 5.82 Å². The first-order valence-corrected chi connectivity index (χ1v) is 6.05. The highest BCUT2D eigenvalue weighted by atomic mass is 79.9. The van der Waals surface area contributed by atoms with Crippen molar-refractivity contribution in [3.05, 3.63) is 44.2 Å². The van der Waals surface area contributed by atoms with Crippen LogP contribution in [0.2, 0.25) is 0 Å². The lowest BCUT2D eigenvalue weighted by atomic mass is 9.94. The Bertz CT molecular complexity index is 455. The molecule has 0 spiro atoms. The van der Waals surface area contributed by atoms with E-state index in [-0.39, 0.29) is 16.7 Å². The minimum absolute atomic E-state index is 0.311. The quantitative estimate of drug-likeness (QED) is 0.622. The molecule has 1 aromatic carbocycles. The highest BCUT2D eigenvalue weighted by Gasteiger charge is 2.41. The summed E-state index contributed by atoms with van der Waals surface area (Å²) in [5.74, 6) is -0.757. The van der Waals surface area contributed by atoms with Gasteiger partial charge in [0.05, 0.1) is 12.5 Å². The van der Waals surface area contributed by atoms with Crippen molar-refractivity contribution >= 4 is 15.9 Å².